The van der Waals surface area contributed by atoms with Gasteiger partial charge in [-0.3, -0.25) is 0 Å². The van der Waals surface area contributed by atoms with E-state index in [4.69, 9.17) is 0 Å². The van der Waals surface area contributed by atoms with Crippen molar-refractivity contribution in [2.45, 2.75) is 53.4 Å². The van der Waals surface area contributed by atoms with Crippen LogP contribution in [0.25, 0.3) is 0 Å². The van der Waals surface area contributed by atoms with Crippen molar-refractivity contribution in [2.75, 3.05) is 0 Å². The molecular formula is C11H22. The average molecular weight is 154 g/mol. The highest BCUT2D eigenvalue weighted by atomic mass is 14.6. The van der Waals surface area contributed by atoms with E-state index in [1.807, 2.05) is 0 Å². The van der Waals surface area contributed by atoms with Crippen LogP contribution in [0.2, 0.25) is 0 Å². The predicted molar refractivity (Wildman–Crippen MR) is 50.6 cm³/mol. The smallest absolute Gasteiger partial charge is 0.0243 e. The Kier molecular flexibility index (Phi) is 2.61. The van der Waals surface area contributed by atoms with E-state index in [2.05, 4.69) is 27.7 Å². The van der Waals surface area contributed by atoms with Crippen LogP contribution in [0.5, 0.6) is 0 Å². The Morgan fingerprint density at radius 2 is 1.64 bits per heavy atom. The first-order valence-corrected chi connectivity index (χ1v) is 5.22. The van der Waals surface area contributed by atoms with Crippen LogP contribution in [0.15, 0.2) is 0 Å². The molecule has 0 spiro atoms. The Morgan fingerprint density at radius 3 is 1.91 bits per heavy atom. The van der Waals surface area contributed by atoms with Crippen molar-refractivity contribution in [3.8, 4) is 0 Å². The SMILES string of the molecule is CCCC1C(C)C1(CC)CC. The fraction of sp³-hybridized carbons (Fsp3) is 1.00. The molecule has 0 aliphatic heterocycles. The summed E-state index contributed by atoms with van der Waals surface area (Å²) in [6, 6.07) is 0. The highest BCUT2D eigenvalue weighted by Crippen LogP contribution is 2.64. The van der Waals surface area contributed by atoms with Crippen LogP contribution in [-0.4, -0.2) is 0 Å². The molecule has 0 heteroatoms. The van der Waals surface area contributed by atoms with Crippen molar-refractivity contribution in [1.82, 2.24) is 0 Å². The topological polar surface area (TPSA) is 0 Å². The minimum atomic E-state index is 0.760. The maximum Gasteiger partial charge on any atom is -0.0243 e. The lowest BCUT2D eigenvalue weighted by atomic mass is 9.94. The molecule has 0 aromatic heterocycles. The second kappa shape index (κ2) is 3.16. The molecule has 0 radical (unpaired) electrons. The molecule has 1 fully saturated rings. The van der Waals surface area contributed by atoms with Gasteiger partial charge in [-0.15, -0.1) is 0 Å². The van der Waals surface area contributed by atoms with Crippen LogP contribution in [0.3, 0.4) is 0 Å². The molecule has 0 bridgehead atoms. The first-order valence-electron chi connectivity index (χ1n) is 5.22. The van der Waals surface area contributed by atoms with Gasteiger partial charge in [-0.05, 0) is 36.5 Å². The van der Waals surface area contributed by atoms with Crippen molar-refractivity contribution < 1.29 is 0 Å². The second-order valence-corrected chi connectivity index (χ2v) is 4.12. The highest BCUT2D eigenvalue weighted by molar-refractivity contribution is 5.06. The molecule has 0 N–H and O–H groups in total. The van der Waals surface area contributed by atoms with Crippen molar-refractivity contribution in [3.63, 3.8) is 0 Å². The largest absolute Gasteiger partial charge is 0.0654 e. The summed E-state index contributed by atoms with van der Waals surface area (Å²) in [5, 5.41) is 0. The van der Waals surface area contributed by atoms with E-state index in [9.17, 15) is 0 Å². The lowest BCUT2D eigenvalue weighted by Gasteiger charge is -2.11. The Morgan fingerprint density at radius 1 is 1.09 bits per heavy atom. The first kappa shape index (κ1) is 9.09. The van der Waals surface area contributed by atoms with Crippen LogP contribution in [0, 0.1) is 17.3 Å². The minimum absolute atomic E-state index is 0.760. The lowest BCUT2D eigenvalue weighted by molar-refractivity contribution is 0.395. The summed E-state index contributed by atoms with van der Waals surface area (Å²) < 4.78 is 0. The quantitative estimate of drug-likeness (QED) is 0.577. The van der Waals surface area contributed by atoms with Gasteiger partial charge in [0.1, 0.15) is 0 Å². The van der Waals surface area contributed by atoms with E-state index in [-0.39, 0.29) is 0 Å². The van der Waals surface area contributed by atoms with Gasteiger partial charge in [0.15, 0.2) is 0 Å². The zero-order valence-corrected chi connectivity index (χ0v) is 8.48. The summed E-state index contributed by atoms with van der Waals surface area (Å²) in [5.41, 5.74) is 0.760. The van der Waals surface area contributed by atoms with Crippen molar-refractivity contribution in [3.05, 3.63) is 0 Å². The molecule has 0 aromatic carbocycles. The van der Waals surface area contributed by atoms with Gasteiger partial charge in [0, 0.05) is 0 Å². The Labute approximate surface area is 71.4 Å². The van der Waals surface area contributed by atoms with Crippen LogP contribution >= 0.6 is 0 Å². The first-order chi connectivity index (χ1) is 5.22. The summed E-state index contributed by atoms with van der Waals surface area (Å²) in [6.45, 7) is 9.46. The average Bonchev–Trinajstić information content (AvgIpc) is 2.59. The van der Waals surface area contributed by atoms with E-state index in [1.54, 1.807) is 0 Å². The van der Waals surface area contributed by atoms with Crippen molar-refractivity contribution >= 4 is 0 Å². The minimum Gasteiger partial charge on any atom is -0.0654 e. The summed E-state index contributed by atoms with van der Waals surface area (Å²) in [4.78, 5) is 0. The van der Waals surface area contributed by atoms with Gasteiger partial charge in [-0.25, -0.2) is 0 Å². The molecule has 0 amide bonds. The fourth-order valence-corrected chi connectivity index (χ4v) is 3.07. The fourth-order valence-electron chi connectivity index (χ4n) is 3.07. The van der Waals surface area contributed by atoms with Gasteiger partial charge >= 0.3 is 0 Å². The van der Waals surface area contributed by atoms with Gasteiger partial charge in [-0.2, -0.15) is 0 Å². The monoisotopic (exact) mass is 154 g/mol. The predicted octanol–water partition coefficient (Wildman–Crippen LogP) is 3.86. The number of rotatable bonds is 4. The van der Waals surface area contributed by atoms with Crippen LogP contribution < -0.4 is 0 Å². The van der Waals surface area contributed by atoms with E-state index in [0.29, 0.717) is 0 Å². The Bertz CT molecular complexity index is 122. The van der Waals surface area contributed by atoms with E-state index in [1.165, 1.54) is 25.7 Å². The van der Waals surface area contributed by atoms with Gasteiger partial charge in [0.2, 0.25) is 0 Å². The van der Waals surface area contributed by atoms with Gasteiger partial charge in [0.05, 0.1) is 0 Å². The molecule has 1 aliphatic rings. The molecule has 2 atom stereocenters. The second-order valence-electron chi connectivity index (χ2n) is 4.12. The Hall–Kier alpha value is 0. The zero-order valence-electron chi connectivity index (χ0n) is 8.48. The van der Waals surface area contributed by atoms with E-state index >= 15 is 0 Å². The summed E-state index contributed by atoms with van der Waals surface area (Å²) >= 11 is 0. The molecule has 1 aliphatic carbocycles. The number of hydrogen-bond acceptors (Lipinski definition) is 0. The van der Waals surface area contributed by atoms with E-state index in [0.717, 1.165) is 17.3 Å². The maximum absolute atomic E-state index is 2.44. The standard InChI is InChI=1S/C11H22/c1-5-8-10-9(4)11(10,6-2)7-3/h9-10H,5-8H2,1-4H3. The molecule has 66 valence electrons. The lowest BCUT2D eigenvalue weighted by Crippen LogP contribution is -2.01. The molecule has 11 heavy (non-hydrogen) atoms. The number of hydrogen-bond donors (Lipinski definition) is 0. The maximum atomic E-state index is 2.44. The third-order valence-electron chi connectivity index (χ3n) is 4.06. The normalized spacial score (nSPS) is 33.8. The molecular weight excluding hydrogens is 132 g/mol. The van der Waals surface area contributed by atoms with Gasteiger partial charge in [0.25, 0.3) is 0 Å². The van der Waals surface area contributed by atoms with Gasteiger partial charge in [-0.1, -0.05) is 34.1 Å². The van der Waals surface area contributed by atoms with Crippen LogP contribution in [0.4, 0.5) is 0 Å². The van der Waals surface area contributed by atoms with Crippen molar-refractivity contribution in [2.24, 2.45) is 17.3 Å². The molecule has 1 rings (SSSR count). The third kappa shape index (κ3) is 1.21. The summed E-state index contributed by atoms with van der Waals surface area (Å²) in [7, 11) is 0. The molecule has 0 aromatic rings. The summed E-state index contributed by atoms with van der Waals surface area (Å²) in [6.07, 6.45) is 5.63. The van der Waals surface area contributed by atoms with Crippen LogP contribution in [-0.2, 0) is 0 Å². The molecule has 2 unspecified atom stereocenters. The molecule has 1 saturated carbocycles. The van der Waals surface area contributed by atoms with E-state index < -0.39 is 0 Å². The zero-order chi connectivity index (χ0) is 8.48. The third-order valence-corrected chi connectivity index (χ3v) is 4.06. The van der Waals surface area contributed by atoms with Crippen LogP contribution in [0.1, 0.15) is 53.4 Å². The molecule has 0 heterocycles. The summed E-state index contributed by atoms with van der Waals surface area (Å²) in [5.74, 6) is 2.07. The van der Waals surface area contributed by atoms with Gasteiger partial charge < -0.3 is 0 Å². The molecule has 0 saturated heterocycles. The Balaban J connectivity index is 2.48. The molecule has 0 nitrogen and oxygen atoms in total. The highest BCUT2D eigenvalue weighted by Gasteiger charge is 2.57. The van der Waals surface area contributed by atoms with Crippen molar-refractivity contribution in [1.29, 1.82) is 0 Å².